The molecule has 8 heteroatoms. The lowest BCUT2D eigenvalue weighted by Gasteiger charge is -2.08. The van der Waals surface area contributed by atoms with E-state index in [1.54, 1.807) is 18.2 Å². The molecule has 3 N–H and O–H groups in total. The Labute approximate surface area is 125 Å². The number of halogens is 1. The standard InChI is InChI=1S/C12H13BrN2O4S/c1-18-11-6-8(2-4-10(11)13)15-20(16,17)12-5-3-9(7-14)19-12/h2-6,15H,7,14H2,1H3. The van der Waals surface area contributed by atoms with Crippen molar-refractivity contribution in [3.63, 3.8) is 0 Å². The minimum Gasteiger partial charge on any atom is -0.495 e. The van der Waals surface area contributed by atoms with E-state index in [-0.39, 0.29) is 11.6 Å². The van der Waals surface area contributed by atoms with E-state index in [0.717, 1.165) is 4.47 Å². The van der Waals surface area contributed by atoms with E-state index in [0.29, 0.717) is 17.2 Å². The summed E-state index contributed by atoms with van der Waals surface area (Å²) in [5, 5.41) is -0.181. The van der Waals surface area contributed by atoms with Crippen LogP contribution in [0.5, 0.6) is 5.75 Å². The van der Waals surface area contributed by atoms with Crippen molar-refractivity contribution in [3.05, 3.63) is 40.6 Å². The van der Waals surface area contributed by atoms with Crippen LogP contribution < -0.4 is 15.2 Å². The van der Waals surface area contributed by atoms with Crippen molar-refractivity contribution in [1.29, 1.82) is 0 Å². The van der Waals surface area contributed by atoms with Crippen LogP contribution in [0.2, 0.25) is 0 Å². The lowest BCUT2D eigenvalue weighted by Crippen LogP contribution is -2.12. The summed E-state index contributed by atoms with van der Waals surface area (Å²) in [7, 11) is -2.29. The second kappa shape index (κ2) is 5.86. The number of hydrogen-bond donors (Lipinski definition) is 2. The van der Waals surface area contributed by atoms with Crippen molar-refractivity contribution in [2.45, 2.75) is 11.6 Å². The van der Waals surface area contributed by atoms with Crippen LogP contribution in [0.3, 0.4) is 0 Å². The van der Waals surface area contributed by atoms with Crippen LogP contribution in [0.4, 0.5) is 5.69 Å². The lowest BCUT2D eigenvalue weighted by atomic mass is 10.3. The zero-order valence-corrected chi connectivity index (χ0v) is 13.0. The van der Waals surface area contributed by atoms with Crippen molar-refractivity contribution in [1.82, 2.24) is 0 Å². The molecule has 0 spiro atoms. The van der Waals surface area contributed by atoms with Crippen LogP contribution >= 0.6 is 15.9 Å². The number of anilines is 1. The van der Waals surface area contributed by atoms with Crippen molar-refractivity contribution in [2.24, 2.45) is 5.73 Å². The lowest BCUT2D eigenvalue weighted by molar-refractivity contribution is 0.412. The van der Waals surface area contributed by atoms with Gasteiger partial charge in [-0.3, -0.25) is 4.72 Å². The van der Waals surface area contributed by atoms with Gasteiger partial charge in [0, 0.05) is 6.07 Å². The maximum atomic E-state index is 12.1. The van der Waals surface area contributed by atoms with Crippen LogP contribution in [-0.4, -0.2) is 15.5 Å². The predicted molar refractivity (Wildman–Crippen MR) is 78.1 cm³/mol. The van der Waals surface area contributed by atoms with Gasteiger partial charge in [-0.15, -0.1) is 0 Å². The first kappa shape index (κ1) is 14.9. The number of methoxy groups -OCH3 is 1. The second-order valence-electron chi connectivity index (χ2n) is 3.88. The Kier molecular flexibility index (Phi) is 4.36. The van der Waals surface area contributed by atoms with Crippen LogP contribution in [-0.2, 0) is 16.6 Å². The number of hydrogen-bond acceptors (Lipinski definition) is 5. The fraction of sp³-hybridized carbons (Fsp3) is 0.167. The third kappa shape index (κ3) is 3.14. The molecule has 0 radical (unpaired) electrons. The zero-order valence-electron chi connectivity index (χ0n) is 10.6. The van der Waals surface area contributed by atoms with Gasteiger partial charge < -0.3 is 14.9 Å². The molecule has 1 aromatic heterocycles. The quantitative estimate of drug-likeness (QED) is 0.852. The van der Waals surface area contributed by atoms with Gasteiger partial charge in [0.05, 0.1) is 23.8 Å². The van der Waals surface area contributed by atoms with Gasteiger partial charge in [0.2, 0.25) is 5.09 Å². The molecule has 0 saturated heterocycles. The third-order valence-corrected chi connectivity index (χ3v) is 4.42. The average molecular weight is 361 g/mol. The van der Waals surface area contributed by atoms with Gasteiger partial charge >= 0.3 is 0 Å². The topological polar surface area (TPSA) is 94.6 Å². The highest BCUT2D eigenvalue weighted by Gasteiger charge is 2.19. The van der Waals surface area contributed by atoms with Gasteiger partial charge in [0.25, 0.3) is 10.0 Å². The summed E-state index contributed by atoms with van der Waals surface area (Å²) in [5.74, 6) is 0.922. The number of ether oxygens (including phenoxy) is 1. The van der Waals surface area contributed by atoms with Gasteiger partial charge in [-0.05, 0) is 40.2 Å². The number of sulfonamides is 1. The molecule has 108 valence electrons. The Hall–Kier alpha value is -1.51. The van der Waals surface area contributed by atoms with Gasteiger partial charge in [-0.2, -0.15) is 8.42 Å². The summed E-state index contributed by atoms with van der Waals surface area (Å²) in [6.45, 7) is 0.141. The number of benzene rings is 1. The first-order valence-electron chi connectivity index (χ1n) is 5.61. The molecule has 2 rings (SSSR count). The van der Waals surface area contributed by atoms with Crippen LogP contribution in [0, 0.1) is 0 Å². The van der Waals surface area contributed by atoms with E-state index in [4.69, 9.17) is 14.9 Å². The highest BCUT2D eigenvalue weighted by molar-refractivity contribution is 9.10. The van der Waals surface area contributed by atoms with Gasteiger partial charge in [-0.1, -0.05) is 0 Å². The summed E-state index contributed by atoms with van der Waals surface area (Å²) in [6.07, 6.45) is 0. The maximum absolute atomic E-state index is 12.1. The molecule has 0 bridgehead atoms. The molecule has 0 aliphatic heterocycles. The number of nitrogens with two attached hydrogens (primary N) is 1. The van der Waals surface area contributed by atoms with Crippen molar-refractivity contribution < 1.29 is 17.6 Å². The minimum absolute atomic E-state index is 0.141. The molecule has 0 atom stereocenters. The first-order chi connectivity index (χ1) is 9.46. The fourth-order valence-electron chi connectivity index (χ4n) is 1.54. The summed E-state index contributed by atoms with van der Waals surface area (Å²) < 4.78 is 37.6. The number of rotatable bonds is 5. The Morgan fingerprint density at radius 2 is 2.10 bits per heavy atom. The number of furan rings is 1. The van der Waals surface area contributed by atoms with Crippen molar-refractivity contribution in [2.75, 3.05) is 11.8 Å². The first-order valence-corrected chi connectivity index (χ1v) is 7.89. The molecular formula is C12H13BrN2O4S. The van der Waals surface area contributed by atoms with Gasteiger partial charge in [0.15, 0.2) is 0 Å². The molecule has 1 aromatic carbocycles. The van der Waals surface area contributed by atoms with Gasteiger partial charge in [0.1, 0.15) is 11.5 Å². The maximum Gasteiger partial charge on any atom is 0.295 e. The van der Waals surface area contributed by atoms with E-state index in [9.17, 15) is 8.42 Å². The average Bonchev–Trinajstić information content (AvgIpc) is 2.90. The van der Waals surface area contributed by atoms with Crippen molar-refractivity contribution in [3.8, 4) is 5.75 Å². The molecule has 2 aromatic rings. The largest absolute Gasteiger partial charge is 0.495 e. The van der Waals surface area contributed by atoms with E-state index in [1.165, 1.54) is 19.2 Å². The van der Waals surface area contributed by atoms with E-state index < -0.39 is 10.0 Å². The molecule has 1 heterocycles. The Morgan fingerprint density at radius 1 is 1.35 bits per heavy atom. The predicted octanol–water partition coefficient (Wildman–Crippen LogP) is 2.31. The molecule has 0 unspecified atom stereocenters. The molecule has 0 aliphatic carbocycles. The highest BCUT2D eigenvalue weighted by atomic mass is 79.9. The molecule has 0 fully saturated rings. The Balaban J connectivity index is 2.28. The summed E-state index contributed by atoms with van der Waals surface area (Å²) >= 11 is 3.29. The Morgan fingerprint density at radius 3 is 2.70 bits per heavy atom. The Bertz CT molecular complexity index is 712. The van der Waals surface area contributed by atoms with E-state index >= 15 is 0 Å². The molecule has 6 nitrogen and oxygen atoms in total. The normalized spacial score (nSPS) is 11.3. The van der Waals surface area contributed by atoms with Crippen LogP contribution in [0.1, 0.15) is 5.76 Å². The third-order valence-electron chi connectivity index (χ3n) is 2.51. The van der Waals surface area contributed by atoms with E-state index in [1.807, 2.05) is 0 Å². The molecule has 0 amide bonds. The molecule has 0 aliphatic rings. The highest BCUT2D eigenvalue weighted by Crippen LogP contribution is 2.29. The smallest absolute Gasteiger partial charge is 0.295 e. The van der Waals surface area contributed by atoms with Gasteiger partial charge in [-0.25, -0.2) is 0 Å². The van der Waals surface area contributed by atoms with E-state index in [2.05, 4.69) is 20.7 Å². The van der Waals surface area contributed by atoms with Crippen molar-refractivity contribution >= 4 is 31.6 Å². The monoisotopic (exact) mass is 360 g/mol. The SMILES string of the molecule is COc1cc(NS(=O)(=O)c2ccc(CN)o2)ccc1Br. The number of nitrogens with one attached hydrogen (secondary N) is 1. The van der Waals surface area contributed by atoms with Crippen LogP contribution in [0.25, 0.3) is 0 Å². The molecular weight excluding hydrogens is 348 g/mol. The zero-order chi connectivity index (χ0) is 14.8. The summed E-state index contributed by atoms with van der Waals surface area (Å²) in [5.41, 5.74) is 5.75. The summed E-state index contributed by atoms with van der Waals surface area (Å²) in [6, 6.07) is 7.74. The molecule has 0 saturated carbocycles. The molecule has 20 heavy (non-hydrogen) atoms. The van der Waals surface area contributed by atoms with Crippen LogP contribution in [0.15, 0.2) is 44.3 Å². The fourth-order valence-corrected chi connectivity index (χ4v) is 2.95. The summed E-state index contributed by atoms with van der Waals surface area (Å²) in [4.78, 5) is 0. The minimum atomic E-state index is -3.78. The second-order valence-corrected chi connectivity index (χ2v) is 6.35.